The number of carbonyl (C=O) groups is 3. The highest BCUT2D eigenvalue weighted by molar-refractivity contribution is 5.98. The van der Waals surface area contributed by atoms with E-state index in [4.69, 9.17) is 16.2 Å². The molecule has 1 aliphatic rings. The topological polar surface area (TPSA) is 132 Å². The van der Waals surface area contributed by atoms with Crippen LogP contribution in [0.1, 0.15) is 40.2 Å². The molecule has 2 aromatic carbocycles. The first-order valence-corrected chi connectivity index (χ1v) is 10.8. The largest absolute Gasteiger partial charge is 0.484 e. The number of hydrogen-bond donors (Lipinski definition) is 3. The van der Waals surface area contributed by atoms with Crippen molar-refractivity contribution >= 4 is 34.7 Å². The number of ether oxygens (including phenoxy) is 1. The first kappa shape index (κ1) is 22.1. The second-order valence-corrected chi connectivity index (χ2v) is 8.13. The van der Waals surface area contributed by atoms with Crippen LogP contribution in [0.15, 0.2) is 54.7 Å². The summed E-state index contributed by atoms with van der Waals surface area (Å²) in [5.41, 5.74) is 14.0. The van der Waals surface area contributed by atoms with Crippen LogP contribution in [0.5, 0.6) is 5.75 Å². The fourth-order valence-corrected chi connectivity index (χ4v) is 4.15. The smallest absolute Gasteiger partial charge is 0.255 e. The molecule has 8 nitrogen and oxygen atoms in total. The van der Waals surface area contributed by atoms with Crippen molar-refractivity contribution in [3.05, 3.63) is 71.4 Å². The molecular formula is C25H26N4O4. The van der Waals surface area contributed by atoms with E-state index in [1.54, 1.807) is 30.4 Å². The van der Waals surface area contributed by atoms with E-state index in [0.717, 1.165) is 34.9 Å². The van der Waals surface area contributed by atoms with Gasteiger partial charge in [-0.3, -0.25) is 14.4 Å². The van der Waals surface area contributed by atoms with Crippen molar-refractivity contribution in [2.45, 2.75) is 18.8 Å². The van der Waals surface area contributed by atoms with Crippen LogP contribution in [0.3, 0.4) is 0 Å². The second kappa shape index (κ2) is 9.60. The lowest BCUT2D eigenvalue weighted by atomic mass is 9.89. The summed E-state index contributed by atoms with van der Waals surface area (Å²) in [4.78, 5) is 40.1. The molecule has 0 atom stereocenters. The van der Waals surface area contributed by atoms with Crippen molar-refractivity contribution in [2.24, 2.45) is 11.5 Å². The minimum atomic E-state index is -0.534. The number of amides is 3. The molecule has 1 saturated heterocycles. The summed E-state index contributed by atoms with van der Waals surface area (Å²) < 4.78 is 5.23. The van der Waals surface area contributed by atoms with Crippen LogP contribution in [0.4, 0.5) is 0 Å². The quantitative estimate of drug-likeness (QED) is 0.481. The molecule has 1 fully saturated rings. The van der Waals surface area contributed by atoms with Crippen LogP contribution in [0.2, 0.25) is 0 Å². The third-order valence-electron chi connectivity index (χ3n) is 5.92. The number of fused-ring (bicyclic) bond motifs is 1. The van der Waals surface area contributed by atoms with Crippen molar-refractivity contribution in [3.8, 4) is 5.75 Å². The summed E-state index contributed by atoms with van der Waals surface area (Å²) in [5.74, 6) is -0.155. The number of hydrogen-bond acceptors (Lipinski definition) is 4. The highest BCUT2D eigenvalue weighted by atomic mass is 16.5. The summed E-state index contributed by atoms with van der Waals surface area (Å²) in [6.45, 7) is 1.15. The Hall–Kier alpha value is -4.07. The zero-order valence-electron chi connectivity index (χ0n) is 18.1. The maximum Gasteiger partial charge on any atom is 0.255 e. The van der Waals surface area contributed by atoms with E-state index in [1.165, 1.54) is 0 Å². The van der Waals surface area contributed by atoms with E-state index >= 15 is 0 Å². The van der Waals surface area contributed by atoms with Gasteiger partial charge < -0.3 is 26.1 Å². The van der Waals surface area contributed by atoms with Gasteiger partial charge in [0.15, 0.2) is 6.61 Å². The maximum atomic E-state index is 12.6. The van der Waals surface area contributed by atoms with Crippen LogP contribution in [0.25, 0.3) is 17.0 Å². The molecule has 0 aliphatic carbocycles. The SMILES string of the molecule is NC(=O)COc1ccc(/C=C/C(=O)N2CCC(c3c[nH]c4ccc(C(N)=O)cc34)CC2)cc1. The van der Waals surface area contributed by atoms with E-state index in [-0.39, 0.29) is 12.5 Å². The molecule has 1 aliphatic heterocycles. The highest BCUT2D eigenvalue weighted by Gasteiger charge is 2.24. The van der Waals surface area contributed by atoms with Gasteiger partial charge in [-0.05, 0) is 66.3 Å². The maximum absolute atomic E-state index is 12.6. The average molecular weight is 447 g/mol. The minimum absolute atomic E-state index is 0.0301. The Kier molecular flexibility index (Phi) is 6.44. The number of nitrogens with one attached hydrogen (secondary N) is 1. The predicted octanol–water partition coefficient (Wildman–Crippen LogP) is 2.55. The molecule has 4 rings (SSSR count). The number of piperidine rings is 1. The molecule has 0 radical (unpaired) electrons. The Balaban J connectivity index is 1.34. The Bertz CT molecular complexity index is 1200. The normalized spacial score (nSPS) is 14.6. The minimum Gasteiger partial charge on any atom is -0.484 e. The zero-order chi connectivity index (χ0) is 23.4. The van der Waals surface area contributed by atoms with Crippen LogP contribution in [-0.2, 0) is 9.59 Å². The van der Waals surface area contributed by atoms with Gasteiger partial charge in [0.2, 0.25) is 11.8 Å². The van der Waals surface area contributed by atoms with Crippen molar-refractivity contribution in [1.29, 1.82) is 0 Å². The van der Waals surface area contributed by atoms with E-state index in [2.05, 4.69) is 4.98 Å². The van der Waals surface area contributed by atoms with E-state index in [9.17, 15) is 14.4 Å². The molecule has 1 aromatic heterocycles. The van der Waals surface area contributed by atoms with Gasteiger partial charge >= 0.3 is 0 Å². The monoisotopic (exact) mass is 446 g/mol. The number of primary amides is 2. The number of nitrogens with two attached hydrogens (primary N) is 2. The van der Waals surface area contributed by atoms with Gasteiger partial charge in [-0.1, -0.05) is 12.1 Å². The molecular weight excluding hydrogens is 420 g/mol. The van der Waals surface area contributed by atoms with E-state index in [0.29, 0.717) is 30.3 Å². The number of rotatable bonds is 7. The third kappa shape index (κ3) is 5.23. The Morgan fingerprint density at radius 2 is 1.79 bits per heavy atom. The van der Waals surface area contributed by atoms with Gasteiger partial charge in [0.1, 0.15) is 5.75 Å². The second-order valence-electron chi connectivity index (χ2n) is 8.13. The number of nitrogens with zero attached hydrogens (tertiary/aromatic N) is 1. The number of likely N-dealkylation sites (tertiary alicyclic amines) is 1. The fourth-order valence-electron chi connectivity index (χ4n) is 4.15. The molecule has 2 heterocycles. The summed E-state index contributed by atoms with van der Waals surface area (Å²) in [5, 5.41) is 1.01. The number of carbonyl (C=O) groups excluding carboxylic acids is 3. The van der Waals surface area contributed by atoms with Crippen LogP contribution >= 0.6 is 0 Å². The van der Waals surface area contributed by atoms with Gasteiger partial charge in [0.05, 0.1) is 0 Å². The number of aromatic nitrogens is 1. The number of benzene rings is 2. The summed E-state index contributed by atoms with van der Waals surface area (Å²) in [6.07, 6.45) is 7.02. The molecule has 170 valence electrons. The summed E-state index contributed by atoms with van der Waals surface area (Å²) in [7, 11) is 0. The van der Waals surface area contributed by atoms with Crippen molar-refractivity contribution < 1.29 is 19.1 Å². The van der Waals surface area contributed by atoms with E-state index < -0.39 is 11.8 Å². The van der Waals surface area contributed by atoms with Crippen molar-refractivity contribution in [1.82, 2.24) is 9.88 Å². The molecule has 3 aromatic rings. The lowest BCUT2D eigenvalue weighted by Gasteiger charge is -2.31. The average Bonchev–Trinajstić information content (AvgIpc) is 3.25. The van der Waals surface area contributed by atoms with Crippen LogP contribution < -0.4 is 16.2 Å². The Morgan fingerprint density at radius 3 is 2.45 bits per heavy atom. The first-order chi connectivity index (χ1) is 15.9. The molecule has 33 heavy (non-hydrogen) atoms. The molecule has 0 unspecified atom stereocenters. The number of aromatic amines is 1. The highest BCUT2D eigenvalue weighted by Crippen LogP contribution is 2.33. The van der Waals surface area contributed by atoms with Crippen LogP contribution in [0, 0.1) is 0 Å². The van der Waals surface area contributed by atoms with Gasteiger partial charge in [-0.25, -0.2) is 0 Å². The molecule has 5 N–H and O–H groups in total. The summed E-state index contributed by atoms with van der Waals surface area (Å²) in [6, 6.07) is 12.5. The zero-order valence-corrected chi connectivity index (χ0v) is 18.1. The van der Waals surface area contributed by atoms with Crippen molar-refractivity contribution in [3.63, 3.8) is 0 Å². The predicted molar refractivity (Wildman–Crippen MR) is 126 cm³/mol. The van der Waals surface area contributed by atoms with Crippen molar-refractivity contribution in [2.75, 3.05) is 19.7 Å². The van der Waals surface area contributed by atoms with E-state index in [1.807, 2.05) is 35.4 Å². The third-order valence-corrected chi connectivity index (χ3v) is 5.92. The number of H-pyrrole nitrogens is 1. The van der Waals surface area contributed by atoms with Gasteiger partial charge in [-0.2, -0.15) is 0 Å². The summed E-state index contributed by atoms with van der Waals surface area (Å²) >= 11 is 0. The molecule has 0 bridgehead atoms. The lowest BCUT2D eigenvalue weighted by Crippen LogP contribution is -2.36. The first-order valence-electron chi connectivity index (χ1n) is 10.8. The standard InChI is InChI=1S/C25H26N4O4/c26-23(30)15-33-19-5-1-16(2-6-19)3-8-24(31)29-11-9-17(10-12-29)21-14-28-22-7-4-18(25(27)32)13-20(21)22/h1-8,13-14,17,28H,9-12,15H2,(H2,26,30)(H2,27,32)/b8-3+. The van der Waals surface area contributed by atoms with Gasteiger partial charge in [0.25, 0.3) is 5.91 Å². The van der Waals surface area contributed by atoms with Gasteiger partial charge in [-0.15, -0.1) is 0 Å². The lowest BCUT2D eigenvalue weighted by molar-refractivity contribution is -0.127. The molecule has 8 heteroatoms. The Labute approximate surface area is 191 Å². The molecule has 3 amide bonds. The molecule has 0 saturated carbocycles. The van der Waals surface area contributed by atoms with Crippen LogP contribution in [-0.4, -0.2) is 47.3 Å². The molecule has 0 spiro atoms. The fraction of sp³-hybridized carbons (Fsp3) is 0.240. The Morgan fingerprint density at radius 1 is 1.06 bits per heavy atom. The van der Waals surface area contributed by atoms with Gasteiger partial charge in [0, 0.05) is 41.8 Å².